The molecule has 2 aromatic carbocycles. The molecule has 33 heavy (non-hydrogen) atoms. The maximum atomic E-state index is 12.5. The predicted octanol–water partition coefficient (Wildman–Crippen LogP) is 3.99. The molecule has 0 fully saturated rings. The van der Waals surface area contributed by atoms with Crippen molar-refractivity contribution in [2.75, 3.05) is 0 Å². The number of fused-ring (bicyclic) bond motifs is 2. The van der Waals surface area contributed by atoms with Crippen LogP contribution in [0, 0.1) is 0 Å². The van der Waals surface area contributed by atoms with Crippen molar-refractivity contribution in [1.29, 1.82) is 0 Å². The summed E-state index contributed by atoms with van der Waals surface area (Å²) in [7, 11) is 0. The van der Waals surface area contributed by atoms with Gasteiger partial charge < -0.3 is 14.0 Å². The van der Waals surface area contributed by atoms with E-state index in [0.29, 0.717) is 37.5 Å². The van der Waals surface area contributed by atoms with Crippen LogP contribution in [0.2, 0.25) is 5.02 Å². The largest absolute Gasteiger partial charge is 0.539 e. The third-order valence-electron chi connectivity index (χ3n) is 4.90. The van der Waals surface area contributed by atoms with Gasteiger partial charge in [0.15, 0.2) is 5.95 Å². The van der Waals surface area contributed by atoms with E-state index in [1.807, 2.05) is 6.07 Å². The van der Waals surface area contributed by atoms with E-state index in [1.165, 1.54) is 9.20 Å². The molecule has 0 aliphatic rings. The molecule has 4 heterocycles. The van der Waals surface area contributed by atoms with Gasteiger partial charge in [-0.2, -0.15) is 0 Å². The minimum Gasteiger partial charge on any atom is -0.539 e. The average molecular weight is 543 g/mol. The summed E-state index contributed by atoms with van der Waals surface area (Å²) in [6.07, 6.45) is 1.61. The zero-order chi connectivity index (χ0) is 22.7. The van der Waals surface area contributed by atoms with Crippen molar-refractivity contribution in [3.63, 3.8) is 0 Å². The van der Waals surface area contributed by atoms with Gasteiger partial charge in [0, 0.05) is 27.0 Å². The summed E-state index contributed by atoms with van der Waals surface area (Å²) in [5.41, 5.74) is 1.45. The lowest BCUT2D eigenvalue weighted by Crippen LogP contribution is -2.34. The summed E-state index contributed by atoms with van der Waals surface area (Å²) in [5, 5.41) is 22.3. The lowest BCUT2D eigenvalue weighted by molar-refractivity contribution is -0.660. The average Bonchev–Trinajstić information content (AvgIpc) is 3.47. The lowest BCUT2D eigenvalue weighted by Gasteiger charge is -2.00. The number of hydrogen-bond acceptors (Lipinski definition) is 8. The predicted molar refractivity (Wildman–Crippen MR) is 122 cm³/mol. The second-order valence-electron chi connectivity index (χ2n) is 6.99. The van der Waals surface area contributed by atoms with Crippen molar-refractivity contribution in [2.24, 2.45) is 0 Å². The van der Waals surface area contributed by atoms with Gasteiger partial charge in [-0.25, -0.2) is 14.3 Å². The van der Waals surface area contributed by atoms with Crippen molar-refractivity contribution < 1.29 is 18.7 Å². The quantitative estimate of drug-likeness (QED) is 0.245. The number of aromatic nitrogens is 5. The Morgan fingerprint density at radius 3 is 2.76 bits per heavy atom. The van der Waals surface area contributed by atoms with Gasteiger partial charge in [-0.3, -0.25) is 0 Å². The Morgan fingerprint density at radius 1 is 1.15 bits per heavy atom. The van der Waals surface area contributed by atoms with Crippen molar-refractivity contribution in [1.82, 2.24) is 19.9 Å². The molecule has 12 heteroatoms. The van der Waals surface area contributed by atoms with Gasteiger partial charge in [-0.15, -0.1) is 5.10 Å². The second kappa shape index (κ2) is 7.51. The first kappa shape index (κ1) is 20.1. The molecule has 9 nitrogen and oxygen atoms in total. The normalized spacial score (nSPS) is 11.6. The fourth-order valence-electron chi connectivity index (χ4n) is 3.38. The summed E-state index contributed by atoms with van der Waals surface area (Å²) in [6.45, 7) is 0. The van der Waals surface area contributed by atoms with Gasteiger partial charge in [0.1, 0.15) is 5.58 Å². The number of nitrogens with zero attached hydrogens (tertiary/aromatic N) is 5. The third kappa shape index (κ3) is 3.41. The van der Waals surface area contributed by atoms with Gasteiger partial charge in [0.05, 0.1) is 22.7 Å². The minimum absolute atomic E-state index is 0.157. The van der Waals surface area contributed by atoms with Gasteiger partial charge >= 0.3 is 11.3 Å². The Hall–Kier alpha value is -3.54. The van der Waals surface area contributed by atoms with Crippen LogP contribution in [0.4, 0.5) is 0 Å². The molecule has 4 aromatic heterocycles. The SMILES string of the molecule is O=c1oc2ccc(Br)cc2cc1-c1cn2nc(-c3c([O-])on[n+]3-c3ccc(Cl)cc3)sc2n1. The first-order valence-corrected chi connectivity index (χ1v) is 11.4. The Balaban J connectivity index is 1.44. The van der Waals surface area contributed by atoms with Gasteiger partial charge in [0.25, 0.3) is 0 Å². The summed E-state index contributed by atoms with van der Waals surface area (Å²) in [4.78, 5) is 17.5. The maximum Gasteiger partial charge on any atom is 0.345 e. The highest BCUT2D eigenvalue weighted by Gasteiger charge is 2.27. The number of imidazole rings is 1. The minimum atomic E-state index is -0.636. The topological polar surface area (TPSA) is 113 Å². The van der Waals surface area contributed by atoms with E-state index in [2.05, 4.69) is 31.3 Å². The van der Waals surface area contributed by atoms with Crippen molar-refractivity contribution in [3.8, 4) is 33.6 Å². The number of halogens is 2. The van der Waals surface area contributed by atoms with E-state index in [4.69, 9.17) is 20.5 Å². The highest BCUT2D eigenvalue weighted by molar-refractivity contribution is 9.10. The zero-order valence-electron chi connectivity index (χ0n) is 16.2. The fraction of sp³-hybridized carbons (Fsp3) is 0. The number of rotatable bonds is 3. The molecular weight excluding hydrogens is 534 g/mol. The molecule has 0 saturated heterocycles. The van der Waals surface area contributed by atoms with E-state index in [0.717, 1.165) is 21.2 Å². The molecule has 0 saturated carbocycles. The Labute approximate surface area is 201 Å². The van der Waals surface area contributed by atoms with Crippen molar-refractivity contribution in [3.05, 3.63) is 74.6 Å². The molecule has 0 amide bonds. The van der Waals surface area contributed by atoms with Crippen molar-refractivity contribution >= 4 is 54.8 Å². The molecule has 162 valence electrons. The van der Waals surface area contributed by atoms with E-state index in [-0.39, 0.29) is 5.69 Å². The Kier molecular flexibility index (Phi) is 4.57. The monoisotopic (exact) mass is 541 g/mol. The van der Waals surface area contributed by atoms with Gasteiger partial charge in [0.2, 0.25) is 15.7 Å². The smallest absolute Gasteiger partial charge is 0.345 e. The van der Waals surface area contributed by atoms with E-state index < -0.39 is 11.6 Å². The molecule has 0 atom stereocenters. The molecule has 0 N–H and O–H groups in total. The van der Waals surface area contributed by atoms with Crippen LogP contribution in [0.15, 0.2) is 72.9 Å². The lowest BCUT2D eigenvalue weighted by atomic mass is 10.1. The highest BCUT2D eigenvalue weighted by atomic mass is 79.9. The summed E-state index contributed by atoms with van der Waals surface area (Å²) in [6, 6.07) is 13.9. The van der Waals surface area contributed by atoms with Crippen LogP contribution < -0.4 is 15.4 Å². The second-order valence-corrected chi connectivity index (χ2v) is 9.30. The molecule has 0 aliphatic heterocycles. The molecule has 0 radical (unpaired) electrons. The van der Waals surface area contributed by atoms with Gasteiger partial charge in [-0.05, 0) is 41.1 Å². The number of benzene rings is 2. The van der Waals surface area contributed by atoms with Crippen LogP contribution in [0.5, 0.6) is 5.95 Å². The van der Waals surface area contributed by atoms with Crippen LogP contribution >= 0.6 is 38.9 Å². The first-order valence-electron chi connectivity index (χ1n) is 9.41. The first-order chi connectivity index (χ1) is 16.0. The maximum absolute atomic E-state index is 12.5. The Bertz CT molecular complexity index is 1710. The van der Waals surface area contributed by atoms with Crippen LogP contribution in [-0.2, 0) is 0 Å². The highest BCUT2D eigenvalue weighted by Crippen LogP contribution is 2.31. The molecular formula is C21H9BrClN5O4S. The molecule has 6 aromatic rings. The molecule has 0 aliphatic carbocycles. The number of hydrogen-bond donors (Lipinski definition) is 0. The van der Waals surface area contributed by atoms with Crippen LogP contribution in [0.1, 0.15) is 0 Å². The molecule has 0 bridgehead atoms. The standard InChI is InChI=1S/C21H9BrClN5O4S/c22-11-1-6-16-10(7-11)8-14(19(29)31-16)15-9-27-21(24-15)33-18(25-27)17-20(30)32-26-28(17)13-4-2-12(23)3-5-13/h1-9H. The third-order valence-corrected chi connectivity index (χ3v) is 6.57. The van der Waals surface area contributed by atoms with E-state index >= 15 is 0 Å². The van der Waals surface area contributed by atoms with Crippen LogP contribution in [0.3, 0.4) is 0 Å². The van der Waals surface area contributed by atoms with Crippen LogP contribution in [-0.4, -0.2) is 19.9 Å². The zero-order valence-corrected chi connectivity index (χ0v) is 19.4. The van der Waals surface area contributed by atoms with E-state index in [9.17, 15) is 9.90 Å². The Morgan fingerprint density at radius 2 is 1.97 bits per heavy atom. The summed E-state index contributed by atoms with van der Waals surface area (Å²) in [5.74, 6) is -0.636. The molecule has 0 unspecified atom stereocenters. The molecule has 0 spiro atoms. The van der Waals surface area contributed by atoms with Gasteiger partial charge in [-0.1, -0.05) is 38.9 Å². The van der Waals surface area contributed by atoms with E-state index in [1.54, 1.807) is 48.7 Å². The summed E-state index contributed by atoms with van der Waals surface area (Å²) >= 11 is 10.5. The van der Waals surface area contributed by atoms with Crippen molar-refractivity contribution in [2.45, 2.75) is 0 Å². The summed E-state index contributed by atoms with van der Waals surface area (Å²) < 4.78 is 14.0. The van der Waals surface area contributed by atoms with Crippen LogP contribution in [0.25, 0.3) is 43.6 Å². The fourth-order valence-corrected chi connectivity index (χ4v) is 4.79. The molecule has 6 rings (SSSR count).